The zero-order chi connectivity index (χ0) is 16.2. The third-order valence-corrected chi connectivity index (χ3v) is 3.21. The lowest BCUT2D eigenvalue weighted by Gasteiger charge is -2.13. The summed E-state index contributed by atoms with van der Waals surface area (Å²) in [5, 5.41) is 6.92. The van der Waals surface area contributed by atoms with Crippen LogP contribution in [0.1, 0.15) is 22.6 Å². The molecule has 0 aliphatic carbocycles. The molecule has 0 unspecified atom stereocenters. The molecule has 0 saturated heterocycles. The Kier molecular flexibility index (Phi) is 5.07. The molecule has 2 aromatic rings. The summed E-state index contributed by atoms with van der Waals surface area (Å²) in [6.07, 6.45) is -4.42. The average molecular weight is 314 g/mol. The second-order valence-electron chi connectivity index (χ2n) is 4.82. The van der Waals surface area contributed by atoms with Crippen molar-refractivity contribution in [1.29, 1.82) is 0 Å². The Hall–Kier alpha value is -2.02. The summed E-state index contributed by atoms with van der Waals surface area (Å²) in [4.78, 5) is 0. The molecule has 7 heteroatoms. The fourth-order valence-corrected chi connectivity index (χ4v) is 2.03. The fraction of sp³-hybridized carbons (Fsp3) is 0.400. The number of alkyl halides is 3. The summed E-state index contributed by atoms with van der Waals surface area (Å²) in [6.45, 7) is 4.73. The number of halogens is 3. The van der Waals surface area contributed by atoms with E-state index in [9.17, 15) is 13.2 Å². The van der Waals surface area contributed by atoms with Crippen molar-refractivity contribution in [2.24, 2.45) is 0 Å². The summed E-state index contributed by atoms with van der Waals surface area (Å²) in [6, 6.07) is 5.18. The predicted octanol–water partition coefficient (Wildman–Crippen LogP) is 3.48. The maximum absolute atomic E-state index is 12.8. The predicted molar refractivity (Wildman–Crippen MR) is 74.6 cm³/mol. The first-order valence-corrected chi connectivity index (χ1v) is 6.81. The van der Waals surface area contributed by atoms with Crippen molar-refractivity contribution < 1.29 is 22.4 Å². The molecule has 0 radical (unpaired) electrons. The first-order valence-electron chi connectivity index (χ1n) is 6.81. The number of benzene rings is 1. The van der Waals surface area contributed by atoms with Gasteiger partial charge in [0.1, 0.15) is 18.1 Å². The van der Waals surface area contributed by atoms with Gasteiger partial charge >= 0.3 is 6.18 Å². The van der Waals surface area contributed by atoms with Gasteiger partial charge in [-0.15, -0.1) is 0 Å². The highest BCUT2D eigenvalue weighted by atomic mass is 19.4. The Morgan fingerprint density at radius 2 is 1.95 bits per heavy atom. The smallest absolute Gasteiger partial charge is 0.419 e. The number of para-hydroxylation sites is 1. The molecule has 0 saturated carbocycles. The van der Waals surface area contributed by atoms with E-state index in [4.69, 9.17) is 9.26 Å². The van der Waals surface area contributed by atoms with Gasteiger partial charge in [0, 0.05) is 18.7 Å². The lowest BCUT2D eigenvalue weighted by Crippen LogP contribution is -2.22. The molecule has 4 nitrogen and oxygen atoms in total. The van der Waals surface area contributed by atoms with Crippen molar-refractivity contribution in [1.82, 2.24) is 10.5 Å². The van der Waals surface area contributed by atoms with E-state index in [-0.39, 0.29) is 12.4 Å². The van der Waals surface area contributed by atoms with Gasteiger partial charge in [0.15, 0.2) is 0 Å². The first kappa shape index (κ1) is 16.4. The molecule has 2 rings (SSSR count). The maximum atomic E-state index is 12.8. The molecule has 0 aliphatic rings. The minimum absolute atomic E-state index is 0.135. The first-order chi connectivity index (χ1) is 10.4. The summed E-state index contributed by atoms with van der Waals surface area (Å²) < 4.78 is 48.6. The van der Waals surface area contributed by atoms with Crippen LogP contribution in [-0.4, -0.2) is 18.3 Å². The van der Waals surface area contributed by atoms with Crippen molar-refractivity contribution >= 4 is 0 Å². The van der Waals surface area contributed by atoms with Crippen molar-refractivity contribution in [2.75, 3.05) is 13.2 Å². The number of hydrogen-bond donors (Lipinski definition) is 1. The van der Waals surface area contributed by atoms with Crippen molar-refractivity contribution in [3.05, 3.63) is 46.8 Å². The van der Waals surface area contributed by atoms with E-state index in [2.05, 4.69) is 10.5 Å². The molecule has 22 heavy (non-hydrogen) atoms. The van der Waals surface area contributed by atoms with Crippen LogP contribution < -0.4 is 10.1 Å². The molecular formula is C15H17F3N2O2. The van der Waals surface area contributed by atoms with Gasteiger partial charge in [0.05, 0.1) is 11.3 Å². The van der Waals surface area contributed by atoms with Gasteiger partial charge in [-0.05, 0) is 26.0 Å². The molecular weight excluding hydrogens is 297 g/mol. The minimum Gasteiger partial charge on any atom is -0.492 e. The SMILES string of the molecule is Cc1noc(C)c1CNCCOc1ccccc1C(F)(F)F. The number of aromatic nitrogens is 1. The van der Waals surface area contributed by atoms with Gasteiger partial charge in [-0.2, -0.15) is 13.2 Å². The molecule has 0 aliphatic heterocycles. The number of hydrogen-bond acceptors (Lipinski definition) is 4. The molecule has 0 fully saturated rings. The third-order valence-electron chi connectivity index (χ3n) is 3.21. The highest BCUT2D eigenvalue weighted by molar-refractivity contribution is 5.35. The Balaban J connectivity index is 1.83. The van der Waals surface area contributed by atoms with E-state index in [0.29, 0.717) is 13.1 Å². The molecule has 0 bridgehead atoms. The van der Waals surface area contributed by atoms with E-state index in [1.54, 1.807) is 0 Å². The summed E-state index contributed by atoms with van der Waals surface area (Å²) in [5.41, 5.74) is 0.991. The summed E-state index contributed by atoms with van der Waals surface area (Å²) in [7, 11) is 0. The van der Waals surface area contributed by atoms with Gasteiger partial charge in [0.2, 0.25) is 0 Å². The third kappa shape index (κ3) is 4.00. The van der Waals surface area contributed by atoms with Gasteiger partial charge < -0.3 is 14.6 Å². The van der Waals surface area contributed by atoms with Crippen LogP contribution in [0.3, 0.4) is 0 Å². The number of ether oxygens (including phenoxy) is 1. The average Bonchev–Trinajstić information content (AvgIpc) is 2.78. The van der Waals surface area contributed by atoms with E-state index in [1.165, 1.54) is 18.2 Å². The molecule has 0 spiro atoms. The van der Waals surface area contributed by atoms with Gasteiger partial charge in [-0.25, -0.2) is 0 Å². The second kappa shape index (κ2) is 6.83. The summed E-state index contributed by atoms with van der Waals surface area (Å²) >= 11 is 0. The van der Waals surface area contributed by atoms with Crippen molar-refractivity contribution in [2.45, 2.75) is 26.6 Å². The number of rotatable bonds is 6. The second-order valence-corrected chi connectivity index (χ2v) is 4.82. The molecule has 0 amide bonds. The zero-order valence-electron chi connectivity index (χ0n) is 12.3. The summed E-state index contributed by atoms with van der Waals surface area (Å²) in [5.74, 6) is 0.572. The van der Waals surface area contributed by atoms with Gasteiger partial charge in [-0.1, -0.05) is 17.3 Å². The van der Waals surface area contributed by atoms with Crippen LogP contribution in [0.25, 0.3) is 0 Å². The lowest BCUT2D eigenvalue weighted by atomic mass is 10.2. The fourth-order valence-electron chi connectivity index (χ4n) is 2.03. The van der Waals surface area contributed by atoms with E-state index < -0.39 is 11.7 Å². The molecule has 120 valence electrons. The highest BCUT2D eigenvalue weighted by Gasteiger charge is 2.33. The molecule has 1 N–H and O–H groups in total. The number of nitrogens with one attached hydrogen (secondary N) is 1. The molecule has 1 aromatic heterocycles. The highest BCUT2D eigenvalue weighted by Crippen LogP contribution is 2.35. The minimum atomic E-state index is -4.42. The lowest BCUT2D eigenvalue weighted by molar-refractivity contribution is -0.138. The molecule has 1 aromatic carbocycles. The zero-order valence-corrected chi connectivity index (χ0v) is 12.3. The van der Waals surface area contributed by atoms with Gasteiger partial charge in [0.25, 0.3) is 0 Å². The monoisotopic (exact) mass is 314 g/mol. The molecule has 0 atom stereocenters. The van der Waals surface area contributed by atoms with Gasteiger partial charge in [-0.3, -0.25) is 0 Å². The van der Waals surface area contributed by atoms with Crippen LogP contribution in [0.15, 0.2) is 28.8 Å². The van der Waals surface area contributed by atoms with E-state index in [1.807, 2.05) is 13.8 Å². The maximum Gasteiger partial charge on any atom is 0.419 e. The standard InChI is InChI=1S/C15H17F3N2O2/c1-10-12(11(2)22-20-10)9-19-7-8-21-14-6-4-3-5-13(14)15(16,17)18/h3-6,19H,7-9H2,1-2H3. The topological polar surface area (TPSA) is 47.3 Å². The Morgan fingerprint density at radius 1 is 1.23 bits per heavy atom. The van der Waals surface area contributed by atoms with E-state index in [0.717, 1.165) is 23.1 Å². The van der Waals surface area contributed by atoms with Crippen LogP contribution in [0, 0.1) is 13.8 Å². The molecule has 1 heterocycles. The van der Waals surface area contributed by atoms with Crippen molar-refractivity contribution in [3.63, 3.8) is 0 Å². The Morgan fingerprint density at radius 3 is 2.59 bits per heavy atom. The van der Waals surface area contributed by atoms with Crippen LogP contribution in [0.5, 0.6) is 5.75 Å². The largest absolute Gasteiger partial charge is 0.492 e. The number of nitrogens with zero attached hydrogens (tertiary/aromatic N) is 1. The Bertz CT molecular complexity index is 604. The van der Waals surface area contributed by atoms with Crippen LogP contribution in [0.2, 0.25) is 0 Å². The van der Waals surface area contributed by atoms with Crippen molar-refractivity contribution in [3.8, 4) is 5.75 Å². The van der Waals surface area contributed by atoms with E-state index >= 15 is 0 Å². The number of aryl methyl sites for hydroxylation is 2. The van der Waals surface area contributed by atoms with Crippen LogP contribution in [0.4, 0.5) is 13.2 Å². The normalized spacial score (nSPS) is 11.7. The quantitative estimate of drug-likeness (QED) is 0.829. The van der Waals surface area contributed by atoms with Crippen LogP contribution >= 0.6 is 0 Å². The Labute approximate surface area is 126 Å². The van der Waals surface area contributed by atoms with Crippen LogP contribution in [-0.2, 0) is 12.7 Å².